The van der Waals surface area contributed by atoms with Gasteiger partial charge in [0.25, 0.3) is 0 Å². The Morgan fingerprint density at radius 3 is 2.08 bits per heavy atom. The Hall–Kier alpha value is -0.0400. The minimum atomic E-state index is 0.508. The second-order valence-corrected chi connectivity index (χ2v) is 5.70. The van der Waals surface area contributed by atoms with Gasteiger partial charge in [0.1, 0.15) is 5.78 Å². The van der Waals surface area contributed by atoms with E-state index in [0.29, 0.717) is 23.0 Å². The lowest BCUT2D eigenvalue weighted by Crippen LogP contribution is -2.13. The molecule has 6 aliphatic carbocycles. The van der Waals surface area contributed by atoms with Gasteiger partial charge in [-0.05, 0) is 35.0 Å². The molecule has 2 heteroatoms. The van der Waals surface area contributed by atoms with Crippen molar-refractivity contribution in [3.8, 4) is 0 Å². The summed E-state index contributed by atoms with van der Waals surface area (Å²) in [6, 6.07) is 0. The maximum absolute atomic E-state index is 11.7. The van der Waals surface area contributed by atoms with E-state index in [-0.39, 0.29) is 0 Å². The number of hydrogen-bond acceptors (Lipinski definition) is 1. The van der Waals surface area contributed by atoms with E-state index in [2.05, 4.69) is 0 Å². The highest BCUT2D eigenvalue weighted by molar-refractivity contribution is 6.19. The molecule has 0 N–H and O–H groups in total. The van der Waals surface area contributed by atoms with Crippen LogP contribution in [0.2, 0.25) is 0 Å². The highest BCUT2D eigenvalue weighted by atomic mass is 35.5. The van der Waals surface area contributed by atoms with E-state index < -0.39 is 0 Å². The molecule has 8 atom stereocenters. The Kier molecular flexibility index (Phi) is 0.533. The maximum atomic E-state index is 11.7. The van der Waals surface area contributed by atoms with E-state index in [1.807, 2.05) is 0 Å². The summed E-state index contributed by atoms with van der Waals surface area (Å²) >= 11 is 6.06. The lowest BCUT2D eigenvalue weighted by atomic mass is 10.00. The van der Waals surface area contributed by atoms with Crippen LogP contribution in [0.4, 0.5) is 0 Å². The topological polar surface area (TPSA) is 17.1 Å². The third-order valence-corrected chi connectivity index (χ3v) is 6.23. The molecule has 6 fully saturated rings. The summed E-state index contributed by atoms with van der Waals surface area (Å²) in [5.41, 5.74) is 0.514. The van der Waals surface area contributed by atoms with Crippen LogP contribution in [0.1, 0.15) is 0 Å². The van der Waals surface area contributed by atoms with Crippen LogP contribution in [0.3, 0.4) is 0 Å². The zero-order valence-corrected chi connectivity index (χ0v) is 7.29. The summed E-state index contributed by atoms with van der Waals surface area (Å²) in [7, 11) is 0. The fourth-order valence-electron chi connectivity index (χ4n) is 5.78. The standard InChI is InChI=1S/C10H9ClO/c11-1-10-6-2-3(6)5-8(10)7(10)4(2)9(5)12/h2-8H,1H2/t2-,3+,4+,5-,6?,7-,8+,10?. The van der Waals surface area contributed by atoms with E-state index >= 15 is 0 Å². The molecule has 0 aliphatic heterocycles. The van der Waals surface area contributed by atoms with E-state index in [1.54, 1.807) is 0 Å². The number of carbonyl (C=O) groups is 1. The minimum Gasteiger partial charge on any atom is -0.299 e. The van der Waals surface area contributed by atoms with Crippen LogP contribution in [0, 0.1) is 46.8 Å². The van der Waals surface area contributed by atoms with Gasteiger partial charge in [0, 0.05) is 17.7 Å². The Labute approximate surface area is 75.5 Å². The molecule has 2 bridgehead atoms. The zero-order chi connectivity index (χ0) is 7.83. The third-order valence-electron chi connectivity index (χ3n) is 5.76. The number of rotatable bonds is 1. The van der Waals surface area contributed by atoms with Gasteiger partial charge >= 0.3 is 0 Å². The van der Waals surface area contributed by atoms with E-state index in [4.69, 9.17) is 11.6 Å². The largest absolute Gasteiger partial charge is 0.299 e. The molecule has 12 heavy (non-hydrogen) atoms. The molecule has 0 spiro atoms. The fraction of sp³-hybridized carbons (Fsp3) is 0.900. The van der Waals surface area contributed by atoms with E-state index in [1.165, 1.54) is 0 Å². The van der Waals surface area contributed by atoms with Crippen LogP contribution in [-0.2, 0) is 4.79 Å². The molecule has 0 aromatic carbocycles. The normalized spacial score (nSPS) is 83.4. The van der Waals surface area contributed by atoms with Gasteiger partial charge in [0.05, 0.1) is 0 Å². The second kappa shape index (κ2) is 1.13. The predicted molar refractivity (Wildman–Crippen MR) is 42.6 cm³/mol. The molecule has 6 saturated carbocycles. The molecule has 62 valence electrons. The fourth-order valence-corrected chi connectivity index (χ4v) is 6.32. The smallest absolute Gasteiger partial charge is 0.140 e. The third kappa shape index (κ3) is 0.246. The van der Waals surface area contributed by atoms with E-state index in [0.717, 1.165) is 35.5 Å². The Bertz CT molecular complexity index is 324. The molecule has 1 nitrogen and oxygen atoms in total. The number of hydrogen-bond donors (Lipinski definition) is 0. The Morgan fingerprint density at radius 2 is 1.75 bits per heavy atom. The molecule has 0 aromatic rings. The van der Waals surface area contributed by atoms with Crippen molar-refractivity contribution in [3.63, 3.8) is 0 Å². The lowest BCUT2D eigenvalue weighted by Gasteiger charge is -2.07. The Balaban J connectivity index is 1.85. The van der Waals surface area contributed by atoms with Crippen molar-refractivity contribution in [1.29, 1.82) is 0 Å². The van der Waals surface area contributed by atoms with Crippen LogP contribution >= 0.6 is 11.6 Å². The highest BCUT2D eigenvalue weighted by Crippen LogP contribution is 2.98. The number of carbonyl (C=O) groups excluding carboxylic acids is 1. The molecule has 0 radical (unpaired) electrons. The summed E-state index contributed by atoms with van der Waals surface area (Å²) in [5, 5.41) is 0. The van der Waals surface area contributed by atoms with Crippen molar-refractivity contribution < 1.29 is 4.79 Å². The molecule has 0 heterocycles. The van der Waals surface area contributed by atoms with Crippen LogP contribution in [0.5, 0.6) is 0 Å². The van der Waals surface area contributed by atoms with Crippen LogP contribution in [0.15, 0.2) is 0 Å². The van der Waals surface area contributed by atoms with Gasteiger partial charge < -0.3 is 0 Å². The molecule has 0 amide bonds. The maximum Gasteiger partial charge on any atom is 0.140 e. The van der Waals surface area contributed by atoms with Crippen LogP contribution in [-0.4, -0.2) is 11.7 Å². The lowest BCUT2D eigenvalue weighted by molar-refractivity contribution is -0.123. The Morgan fingerprint density at radius 1 is 1.17 bits per heavy atom. The van der Waals surface area contributed by atoms with Gasteiger partial charge in [0.2, 0.25) is 0 Å². The van der Waals surface area contributed by atoms with Crippen molar-refractivity contribution in [2.24, 2.45) is 46.8 Å². The van der Waals surface area contributed by atoms with Gasteiger partial charge in [-0.3, -0.25) is 4.79 Å². The van der Waals surface area contributed by atoms with Crippen molar-refractivity contribution in [1.82, 2.24) is 0 Å². The summed E-state index contributed by atoms with van der Waals surface area (Å²) in [6.07, 6.45) is 0. The summed E-state index contributed by atoms with van der Waals surface area (Å²) < 4.78 is 0. The quantitative estimate of drug-likeness (QED) is 0.554. The first-order valence-corrected chi connectivity index (χ1v) is 5.47. The van der Waals surface area contributed by atoms with Crippen molar-refractivity contribution in [2.45, 2.75) is 0 Å². The minimum absolute atomic E-state index is 0.508. The molecular formula is C10H9ClO. The number of ketones is 1. The molecule has 0 aromatic heterocycles. The first-order valence-electron chi connectivity index (χ1n) is 4.93. The molecule has 6 rings (SSSR count). The van der Waals surface area contributed by atoms with Crippen molar-refractivity contribution in [3.05, 3.63) is 0 Å². The SMILES string of the molecule is O=C1[C@@H]2[C@H]3C4[C@H]3[C@H]1[C@@H]1[C@H]2C41CCl. The van der Waals surface area contributed by atoms with Gasteiger partial charge in [-0.15, -0.1) is 11.6 Å². The monoisotopic (exact) mass is 180 g/mol. The molecule has 2 unspecified atom stereocenters. The molecule has 0 saturated heterocycles. The summed E-state index contributed by atoms with van der Waals surface area (Å²) in [6.45, 7) is 0. The van der Waals surface area contributed by atoms with Crippen LogP contribution in [0.25, 0.3) is 0 Å². The van der Waals surface area contributed by atoms with Gasteiger partial charge in [0.15, 0.2) is 0 Å². The predicted octanol–water partition coefficient (Wildman–Crippen LogP) is 1.16. The second-order valence-electron chi connectivity index (χ2n) is 5.43. The number of alkyl halides is 1. The summed E-state index contributed by atoms with van der Waals surface area (Å²) in [5.74, 6) is 6.61. The summed E-state index contributed by atoms with van der Waals surface area (Å²) in [4.78, 5) is 11.7. The number of Topliss-reactive ketones (excluding diaryl/α,β-unsaturated/α-hetero) is 1. The van der Waals surface area contributed by atoms with Crippen molar-refractivity contribution >= 4 is 17.4 Å². The highest BCUT2D eigenvalue weighted by Gasteiger charge is 3.00. The average molecular weight is 181 g/mol. The average Bonchev–Trinajstić information content (AvgIpc) is 2.86. The number of halogens is 1. The van der Waals surface area contributed by atoms with Gasteiger partial charge in [-0.25, -0.2) is 0 Å². The first kappa shape index (κ1) is 5.64. The van der Waals surface area contributed by atoms with E-state index in [9.17, 15) is 4.79 Å². The zero-order valence-electron chi connectivity index (χ0n) is 6.53. The van der Waals surface area contributed by atoms with Crippen LogP contribution < -0.4 is 0 Å². The van der Waals surface area contributed by atoms with Gasteiger partial charge in [-0.1, -0.05) is 0 Å². The van der Waals surface area contributed by atoms with Crippen molar-refractivity contribution in [2.75, 3.05) is 5.88 Å². The first-order chi connectivity index (χ1) is 5.84. The molecule has 6 aliphatic rings. The van der Waals surface area contributed by atoms with Gasteiger partial charge in [-0.2, -0.15) is 0 Å². The molecular weight excluding hydrogens is 172 g/mol.